The summed E-state index contributed by atoms with van der Waals surface area (Å²) in [6.07, 6.45) is 5.78. The number of hydrogen-bond acceptors (Lipinski definition) is 5. The summed E-state index contributed by atoms with van der Waals surface area (Å²) in [7, 11) is -1.62. The lowest BCUT2D eigenvalue weighted by molar-refractivity contribution is -0.131. The molecule has 1 unspecified atom stereocenters. The van der Waals surface area contributed by atoms with Gasteiger partial charge in [-0.15, -0.1) is 0 Å². The molecule has 2 aromatic rings. The Bertz CT molecular complexity index is 1160. The third-order valence-corrected chi connectivity index (χ3v) is 7.14. The second-order valence-electron chi connectivity index (χ2n) is 9.49. The molecule has 186 valence electrons. The van der Waals surface area contributed by atoms with Crippen molar-refractivity contribution < 1.29 is 9.00 Å². The van der Waals surface area contributed by atoms with Gasteiger partial charge in [-0.3, -0.25) is 14.1 Å². The molecule has 0 saturated carbocycles. The van der Waals surface area contributed by atoms with Gasteiger partial charge in [0.15, 0.2) is 11.0 Å². The number of aliphatic imine (C=N–C) groups is 1. The number of rotatable bonds is 8. The minimum absolute atomic E-state index is 0.0131. The third kappa shape index (κ3) is 7.11. The van der Waals surface area contributed by atoms with Gasteiger partial charge in [-0.2, -0.15) is 0 Å². The number of pyridine rings is 1. The van der Waals surface area contributed by atoms with Gasteiger partial charge in [-0.25, -0.2) is 9.20 Å². The Hall–Kier alpha value is -3.26. The molecule has 0 saturated heterocycles. The highest BCUT2D eigenvalue weighted by Crippen LogP contribution is 2.25. The molecule has 3 rings (SSSR count). The lowest BCUT2D eigenvalue weighted by Crippen LogP contribution is -2.40. The Labute approximate surface area is 211 Å². The van der Waals surface area contributed by atoms with Crippen LogP contribution in [0.1, 0.15) is 51.1 Å². The van der Waals surface area contributed by atoms with Crippen LogP contribution >= 0.6 is 0 Å². The van der Waals surface area contributed by atoms with Crippen LogP contribution < -0.4 is 5.73 Å². The van der Waals surface area contributed by atoms with Gasteiger partial charge in [0.25, 0.3) is 0 Å². The van der Waals surface area contributed by atoms with Crippen LogP contribution in [0.4, 0.5) is 0 Å². The number of likely N-dealkylation sites (N-methyl/N-ethyl adjacent to an activating group) is 1. The van der Waals surface area contributed by atoms with E-state index in [2.05, 4.69) is 30.7 Å². The Morgan fingerprint density at radius 1 is 1.11 bits per heavy atom. The Morgan fingerprint density at radius 2 is 1.83 bits per heavy atom. The summed E-state index contributed by atoms with van der Waals surface area (Å²) in [6, 6.07) is 13.5. The molecular formula is C27H35N5O2S. The van der Waals surface area contributed by atoms with E-state index in [1.807, 2.05) is 62.4 Å². The fraction of sp³-hybridized carbons (Fsp3) is 0.370. The largest absolute Gasteiger partial charge is 0.384 e. The second-order valence-corrected chi connectivity index (χ2v) is 10.9. The SMILES string of the molecule is CCN(Cc1cccc(C)n1)C(=O)CN(C1=CCC=C(N)N=C1)S(=O)c1ccc(C(C)(C)C)cc1. The van der Waals surface area contributed by atoms with Gasteiger partial charge in [0, 0.05) is 12.2 Å². The van der Waals surface area contributed by atoms with Gasteiger partial charge in [0.05, 0.1) is 29.0 Å². The van der Waals surface area contributed by atoms with Gasteiger partial charge < -0.3 is 10.6 Å². The highest BCUT2D eigenvalue weighted by molar-refractivity contribution is 7.82. The van der Waals surface area contributed by atoms with E-state index in [-0.39, 0.29) is 17.9 Å². The molecule has 1 amide bonds. The predicted molar refractivity (Wildman–Crippen MR) is 142 cm³/mol. The average Bonchev–Trinajstić information content (AvgIpc) is 3.04. The number of carbonyl (C=O) groups is 1. The fourth-order valence-electron chi connectivity index (χ4n) is 3.64. The number of hydrogen-bond donors (Lipinski definition) is 1. The van der Waals surface area contributed by atoms with Gasteiger partial charge in [-0.05, 0) is 61.6 Å². The van der Waals surface area contributed by atoms with Crippen LogP contribution in [0.3, 0.4) is 0 Å². The van der Waals surface area contributed by atoms with E-state index in [4.69, 9.17) is 5.73 Å². The number of allylic oxidation sites excluding steroid dienone is 3. The van der Waals surface area contributed by atoms with Crippen molar-refractivity contribution >= 4 is 23.1 Å². The average molecular weight is 494 g/mol. The first-order valence-electron chi connectivity index (χ1n) is 11.8. The summed E-state index contributed by atoms with van der Waals surface area (Å²) >= 11 is 0. The van der Waals surface area contributed by atoms with Crippen LogP contribution in [0.2, 0.25) is 0 Å². The molecule has 8 heteroatoms. The number of aryl methyl sites for hydroxylation is 1. The molecule has 0 fully saturated rings. The fourth-order valence-corrected chi connectivity index (χ4v) is 4.80. The van der Waals surface area contributed by atoms with Crippen LogP contribution in [-0.2, 0) is 27.7 Å². The molecule has 0 aliphatic carbocycles. The van der Waals surface area contributed by atoms with Gasteiger partial charge in [0.1, 0.15) is 12.4 Å². The normalized spacial score (nSPS) is 14.5. The van der Waals surface area contributed by atoms with E-state index >= 15 is 0 Å². The number of amides is 1. The van der Waals surface area contributed by atoms with Crippen molar-refractivity contribution in [2.24, 2.45) is 10.7 Å². The first-order chi connectivity index (χ1) is 16.6. The molecule has 7 nitrogen and oxygen atoms in total. The molecule has 0 spiro atoms. The molecular weight excluding hydrogens is 458 g/mol. The van der Waals surface area contributed by atoms with Crippen LogP contribution in [0.15, 0.2) is 76.0 Å². The van der Waals surface area contributed by atoms with Crippen LogP contribution in [-0.4, -0.2) is 43.6 Å². The quantitative estimate of drug-likeness (QED) is 0.596. The maximum Gasteiger partial charge on any atom is 0.243 e. The van der Waals surface area contributed by atoms with Crippen LogP contribution in [0.25, 0.3) is 0 Å². The van der Waals surface area contributed by atoms with E-state index in [0.717, 1.165) is 17.0 Å². The zero-order chi connectivity index (χ0) is 25.6. The van der Waals surface area contributed by atoms with Crippen molar-refractivity contribution in [1.29, 1.82) is 0 Å². The summed E-state index contributed by atoms with van der Waals surface area (Å²) in [5.74, 6) is 0.249. The number of nitrogens with two attached hydrogens (primary N) is 1. The predicted octanol–water partition coefficient (Wildman–Crippen LogP) is 4.22. The monoisotopic (exact) mass is 493 g/mol. The number of aromatic nitrogens is 1. The smallest absolute Gasteiger partial charge is 0.243 e. The molecule has 35 heavy (non-hydrogen) atoms. The van der Waals surface area contributed by atoms with Crippen LogP contribution in [0, 0.1) is 6.92 Å². The lowest BCUT2D eigenvalue weighted by atomic mass is 9.87. The summed E-state index contributed by atoms with van der Waals surface area (Å²) in [6.45, 7) is 11.1. The summed E-state index contributed by atoms with van der Waals surface area (Å²) < 4.78 is 15.3. The first-order valence-corrected chi connectivity index (χ1v) is 12.9. The molecule has 0 radical (unpaired) electrons. The van der Waals surface area contributed by atoms with Crippen molar-refractivity contribution in [3.05, 3.63) is 83.1 Å². The van der Waals surface area contributed by atoms with Crippen molar-refractivity contribution in [2.45, 2.75) is 57.9 Å². The maximum atomic E-state index is 13.8. The number of nitrogens with zero attached hydrogens (tertiary/aromatic N) is 4. The van der Waals surface area contributed by atoms with Crippen molar-refractivity contribution in [1.82, 2.24) is 14.2 Å². The Kier molecular flexibility index (Phi) is 8.62. The van der Waals surface area contributed by atoms with E-state index in [1.54, 1.807) is 21.5 Å². The topological polar surface area (TPSA) is 91.9 Å². The summed E-state index contributed by atoms with van der Waals surface area (Å²) in [5, 5.41) is 0. The molecule has 0 bridgehead atoms. The number of benzene rings is 1. The molecule has 2 N–H and O–H groups in total. The molecule has 1 aromatic carbocycles. The number of carbonyl (C=O) groups excluding carboxylic acids is 1. The van der Waals surface area contributed by atoms with E-state index in [1.165, 1.54) is 0 Å². The zero-order valence-corrected chi connectivity index (χ0v) is 22.0. The van der Waals surface area contributed by atoms with E-state index in [0.29, 0.717) is 35.9 Å². The van der Waals surface area contributed by atoms with Gasteiger partial charge >= 0.3 is 0 Å². The summed E-state index contributed by atoms with van der Waals surface area (Å²) in [4.78, 5) is 24.5. The lowest BCUT2D eigenvalue weighted by Gasteiger charge is -2.28. The minimum atomic E-state index is -1.62. The Balaban J connectivity index is 1.88. The second kappa shape index (κ2) is 11.4. The maximum absolute atomic E-state index is 13.8. The zero-order valence-electron chi connectivity index (χ0n) is 21.2. The van der Waals surface area contributed by atoms with Crippen molar-refractivity contribution in [2.75, 3.05) is 13.1 Å². The highest BCUT2D eigenvalue weighted by Gasteiger charge is 2.25. The molecule has 1 aliphatic rings. The minimum Gasteiger partial charge on any atom is -0.384 e. The van der Waals surface area contributed by atoms with Gasteiger partial charge in [0.2, 0.25) is 5.91 Å². The molecule has 1 aliphatic heterocycles. The standard InChI is InChI=1S/C27H35N5O2S/c1-6-31(18-22-10-7-9-20(2)30-22)26(33)19-32(23-11-8-12-25(28)29-17-23)35(34)24-15-13-21(14-16-24)27(3,4)5/h7,9-17H,6,8,18-19,28H2,1-5H3. The van der Waals surface area contributed by atoms with E-state index < -0.39 is 11.0 Å². The van der Waals surface area contributed by atoms with Crippen LogP contribution in [0.5, 0.6) is 0 Å². The molecule has 1 aromatic heterocycles. The summed E-state index contributed by atoms with van der Waals surface area (Å²) in [5.41, 5.74) is 9.31. The van der Waals surface area contributed by atoms with Crippen molar-refractivity contribution in [3.63, 3.8) is 0 Å². The third-order valence-electron chi connectivity index (χ3n) is 5.72. The Morgan fingerprint density at radius 3 is 2.46 bits per heavy atom. The van der Waals surface area contributed by atoms with Crippen molar-refractivity contribution in [3.8, 4) is 0 Å². The van der Waals surface area contributed by atoms with Gasteiger partial charge in [-0.1, -0.05) is 45.0 Å². The highest BCUT2D eigenvalue weighted by atomic mass is 32.2. The molecule has 2 heterocycles. The first kappa shape index (κ1) is 26.3. The van der Waals surface area contributed by atoms with E-state index in [9.17, 15) is 9.00 Å². The molecule has 1 atom stereocenters.